The molecule has 5 rings (SSSR count). The molecule has 3 aromatic rings. The fourth-order valence-corrected chi connectivity index (χ4v) is 6.81. The molecule has 170 valence electrons. The number of fused-ring (bicyclic) bond motifs is 3. The van der Waals surface area contributed by atoms with Gasteiger partial charge in [-0.2, -0.15) is 4.31 Å². The quantitative estimate of drug-likeness (QED) is 0.496. The number of carbonyl (C=O) groups is 1. The molecule has 1 heterocycles. The van der Waals surface area contributed by atoms with Gasteiger partial charge < -0.3 is 4.74 Å². The van der Waals surface area contributed by atoms with Gasteiger partial charge in [0.25, 0.3) is 0 Å². The van der Waals surface area contributed by atoms with Crippen molar-refractivity contribution >= 4 is 16.0 Å². The van der Waals surface area contributed by atoms with E-state index in [0.717, 1.165) is 28.7 Å². The van der Waals surface area contributed by atoms with Gasteiger partial charge in [0.2, 0.25) is 10.0 Å². The topological polar surface area (TPSA) is 63.7 Å². The number of rotatable bonds is 4. The molecule has 2 aliphatic rings. The molecule has 0 aromatic heterocycles. The molecule has 1 fully saturated rings. The van der Waals surface area contributed by atoms with Crippen molar-refractivity contribution in [2.75, 3.05) is 13.1 Å². The van der Waals surface area contributed by atoms with E-state index in [-0.39, 0.29) is 4.90 Å². The maximum Gasteiger partial charge on any atom is 0.339 e. The summed E-state index contributed by atoms with van der Waals surface area (Å²) in [5.74, 6) is 0.181. The van der Waals surface area contributed by atoms with Crippen molar-refractivity contribution in [3.8, 4) is 11.1 Å². The van der Waals surface area contributed by atoms with E-state index in [0.29, 0.717) is 30.5 Å². The molecule has 5 nitrogen and oxygen atoms in total. The van der Waals surface area contributed by atoms with Crippen molar-refractivity contribution in [1.82, 2.24) is 4.31 Å². The largest absolute Gasteiger partial charge is 0.449 e. The summed E-state index contributed by atoms with van der Waals surface area (Å²) >= 11 is 0. The Balaban J connectivity index is 1.37. The van der Waals surface area contributed by atoms with E-state index in [1.165, 1.54) is 12.1 Å². The van der Waals surface area contributed by atoms with Crippen LogP contribution in [0.4, 0.5) is 0 Å². The second-order valence-corrected chi connectivity index (χ2v) is 11.2. The van der Waals surface area contributed by atoms with E-state index in [9.17, 15) is 13.2 Å². The van der Waals surface area contributed by atoms with Crippen LogP contribution in [0.5, 0.6) is 0 Å². The van der Waals surface area contributed by atoms with Gasteiger partial charge in [0.1, 0.15) is 0 Å². The molecule has 1 saturated heterocycles. The van der Waals surface area contributed by atoms with E-state index in [2.05, 4.69) is 13.8 Å². The molecule has 0 radical (unpaired) electrons. The van der Waals surface area contributed by atoms with E-state index in [4.69, 9.17) is 4.74 Å². The molecule has 1 aliphatic carbocycles. The number of hydrogen-bond donors (Lipinski definition) is 0. The summed E-state index contributed by atoms with van der Waals surface area (Å²) in [5, 5.41) is 0. The van der Waals surface area contributed by atoms with Gasteiger partial charge in [-0.15, -0.1) is 0 Å². The zero-order chi connectivity index (χ0) is 23.2. The van der Waals surface area contributed by atoms with Crippen LogP contribution in [0.15, 0.2) is 77.7 Å². The summed E-state index contributed by atoms with van der Waals surface area (Å²) < 4.78 is 33.7. The zero-order valence-corrected chi connectivity index (χ0v) is 19.6. The van der Waals surface area contributed by atoms with Crippen LogP contribution >= 0.6 is 0 Å². The smallest absolute Gasteiger partial charge is 0.339 e. The molecule has 2 unspecified atom stereocenters. The van der Waals surface area contributed by atoms with Crippen LogP contribution in [0, 0.1) is 11.8 Å². The van der Waals surface area contributed by atoms with Crippen LogP contribution in [0.2, 0.25) is 0 Å². The average molecular weight is 462 g/mol. The van der Waals surface area contributed by atoms with Crippen LogP contribution in [-0.4, -0.2) is 31.8 Å². The average Bonchev–Trinajstić information content (AvgIpc) is 3.12. The molecule has 0 N–H and O–H groups in total. The number of ether oxygens (including phenoxy) is 1. The maximum absolute atomic E-state index is 13.1. The van der Waals surface area contributed by atoms with Crippen LogP contribution in [0.25, 0.3) is 11.1 Å². The molecule has 2 atom stereocenters. The Kier molecular flexibility index (Phi) is 5.59. The zero-order valence-electron chi connectivity index (χ0n) is 18.8. The van der Waals surface area contributed by atoms with Gasteiger partial charge in [-0.05, 0) is 53.6 Å². The Labute approximate surface area is 195 Å². The molecule has 0 bridgehead atoms. The highest BCUT2D eigenvalue weighted by atomic mass is 32.2. The molecular formula is C27H27NO4S. The molecule has 3 aromatic carbocycles. The number of hydrogen-bond acceptors (Lipinski definition) is 4. The molecule has 0 spiro atoms. The fraction of sp³-hybridized carbons (Fsp3) is 0.296. The van der Waals surface area contributed by atoms with Crippen molar-refractivity contribution in [3.63, 3.8) is 0 Å². The SMILES string of the molecule is CC1CC(C)CN(S(=O)(=O)c2ccc(C(=O)OC3c4ccccc4-c4ccccc43)cc2)C1. The van der Waals surface area contributed by atoms with E-state index >= 15 is 0 Å². The second kappa shape index (κ2) is 8.43. The monoisotopic (exact) mass is 461 g/mol. The summed E-state index contributed by atoms with van der Waals surface area (Å²) in [6.45, 7) is 5.21. The van der Waals surface area contributed by atoms with Gasteiger partial charge >= 0.3 is 5.97 Å². The first-order chi connectivity index (χ1) is 15.8. The molecule has 0 saturated carbocycles. The summed E-state index contributed by atoms with van der Waals surface area (Å²) in [7, 11) is -3.59. The number of piperidine rings is 1. The van der Waals surface area contributed by atoms with Crippen molar-refractivity contribution in [1.29, 1.82) is 0 Å². The van der Waals surface area contributed by atoms with Crippen molar-refractivity contribution in [3.05, 3.63) is 89.5 Å². The first-order valence-electron chi connectivity index (χ1n) is 11.3. The Bertz CT molecular complexity index is 1240. The predicted octanol–water partition coefficient (Wildman–Crippen LogP) is 5.28. The lowest BCUT2D eigenvalue weighted by molar-refractivity contribution is 0.0385. The van der Waals surface area contributed by atoms with E-state index in [1.54, 1.807) is 16.4 Å². The highest BCUT2D eigenvalue weighted by molar-refractivity contribution is 7.89. The normalized spacial score (nSPS) is 20.8. The second-order valence-electron chi connectivity index (χ2n) is 9.25. The number of sulfonamides is 1. The minimum atomic E-state index is -3.59. The van der Waals surface area contributed by atoms with Crippen LogP contribution in [0.3, 0.4) is 0 Å². The third-order valence-electron chi connectivity index (χ3n) is 6.56. The Morgan fingerprint density at radius 2 is 1.33 bits per heavy atom. The van der Waals surface area contributed by atoms with Gasteiger partial charge in [0.05, 0.1) is 10.5 Å². The summed E-state index contributed by atoms with van der Waals surface area (Å²) in [4.78, 5) is 13.2. The Hall–Kier alpha value is -2.96. The van der Waals surface area contributed by atoms with E-state index in [1.807, 2.05) is 48.5 Å². The number of benzene rings is 3. The lowest BCUT2D eigenvalue weighted by Crippen LogP contribution is -2.42. The predicted molar refractivity (Wildman–Crippen MR) is 127 cm³/mol. The standard InChI is InChI=1S/C27H27NO4S/c1-18-15-19(2)17-28(16-18)33(30,31)21-13-11-20(12-14-21)27(29)32-26-24-9-5-3-7-22(24)23-8-4-6-10-25(23)26/h3-14,18-19,26H,15-17H2,1-2H3. The fourth-order valence-electron chi connectivity index (χ4n) is 5.13. The van der Waals surface area contributed by atoms with Crippen LogP contribution < -0.4 is 0 Å². The molecular weight excluding hydrogens is 434 g/mol. The highest BCUT2D eigenvalue weighted by Crippen LogP contribution is 2.45. The molecule has 33 heavy (non-hydrogen) atoms. The van der Waals surface area contributed by atoms with Crippen molar-refractivity contribution in [2.45, 2.75) is 31.3 Å². The van der Waals surface area contributed by atoms with Crippen LogP contribution in [0.1, 0.15) is 47.9 Å². The van der Waals surface area contributed by atoms with Gasteiger partial charge in [-0.3, -0.25) is 0 Å². The number of esters is 1. The number of nitrogens with zero attached hydrogens (tertiary/aromatic N) is 1. The molecule has 0 amide bonds. The minimum Gasteiger partial charge on any atom is -0.449 e. The highest BCUT2D eigenvalue weighted by Gasteiger charge is 2.33. The first kappa shape index (κ1) is 21.9. The van der Waals surface area contributed by atoms with E-state index < -0.39 is 22.1 Å². The van der Waals surface area contributed by atoms with Gasteiger partial charge in [-0.1, -0.05) is 62.4 Å². The summed E-state index contributed by atoms with van der Waals surface area (Å²) in [6, 6.07) is 21.9. The summed E-state index contributed by atoms with van der Waals surface area (Å²) in [6.07, 6.45) is 0.550. The third kappa shape index (κ3) is 3.98. The third-order valence-corrected chi connectivity index (χ3v) is 8.41. The molecule has 6 heteroatoms. The maximum atomic E-state index is 13.1. The molecule has 1 aliphatic heterocycles. The van der Waals surface area contributed by atoms with Gasteiger partial charge in [-0.25, -0.2) is 13.2 Å². The van der Waals surface area contributed by atoms with Gasteiger partial charge in [0, 0.05) is 24.2 Å². The lowest BCUT2D eigenvalue weighted by atomic mass is 9.94. The Morgan fingerprint density at radius 3 is 1.88 bits per heavy atom. The number of carbonyl (C=O) groups excluding carboxylic acids is 1. The first-order valence-corrected chi connectivity index (χ1v) is 12.8. The van der Waals surface area contributed by atoms with Gasteiger partial charge in [0.15, 0.2) is 6.10 Å². The van der Waals surface area contributed by atoms with Crippen molar-refractivity contribution < 1.29 is 17.9 Å². The summed E-state index contributed by atoms with van der Waals surface area (Å²) in [5.41, 5.74) is 4.38. The van der Waals surface area contributed by atoms with Crippen LogP contribution in [-0.2, 0) is 14.8 Å². The Morgan fingerprint density at radius 1 is 0.818 bits per heavy atom. The lowest BCUT2D eigenvalue weighted by Gasteiger charge is -2.34. The van der Waals surface area contributed by atoms with Crippen molar-refractivity contribution in [2.24, 2.45) is 11.8 Å². The minimum absolute atomic E-state index is 0.205.